The van der Waals surface area contributed by atoms with Gasteiger partial charge in [0.2, 0.25) is 0 Å². The number of hydrogen-bond donors (Lipinski definition) is 2. The molecule has 1 fully saturated rings. The van der Waals surface area contributed by atoms with Gasteiger partial charge in [0.25, 0.3) is 0 Å². The highest BCUT2D eigenvalue weighted by atomic mass is 14.9. The highest BCUT2D eigenvalue weighted by molar-refractivity contribution is 5.56. The van der Waals surface area contributed by atoms with Crippen LogP contribution in [0.25, 0.3) is 0 Å². The number of aryl methyl sites for hydroxylation is 1. The molecule has 1 aliphatic rings. The van der Waals surface area contributed by atoms with Gasteiger partial charge < -0.3 is 11.1 Å². The lowest BCUT2D eigenvalue weighted by Crippen LogP contribution is -2.33. The Balaban J connectivity index is 1.98. The average Bonchev–Trinajstić information content (AvgIpc) is 2.10. The van der Waals surface area contributed by atoms with Crippen LogP contribution in [0.15, 0.2) is 18.2 Å². The number of hydrogen-bond acceptors (Lipinski definition) is 2. The van der Waals surface area contributed by atoms with Gasteiger partial charge >= 0.3 is 0 Å². The van der Waals surface area contributed by atoms with Gasteiger partial charge in [0.1, 0.15) is 0 Å². The second-order valence-corrected chi connectivity index (χ2v) is 5.15. The molecule has 0 radical (unpaired) electrons. The van der Waals surface area contributed by atoms with Crippen molar-refractivity contribution in [2.75, 3.05) is 17.6 Å². The molecule has 0 aliphatic heterocycles. The fourth-order valence-electron chi connectivity index (χ4n) is 2.19. The largest absolute Gasteiger partial charge is 0.399 e. The monoisotopic (exact) mass is 204 g/mol. The minimum atomic E-state index is 0.512. The van der Waals surface area contributed by atoms with Crippen molar-refractivity contribution in [1.82, 2.24) is 0 Å². The number of benzene rings is 1. The van der Waals surface area contributed by atoms with Crippen LogP contribution in [0.5, 0.6) is 0 Å². The first-order valence-corrected chi connectivity index (χ1v) is 5.68. The number of nitrogen functional groups attached to an aromatic ring is 1. The number of anilines is 2. The highest BCUT2D eigenvalue weighted by Gasteiger charge is 2.31. The van der Waals surface area contributed by atoms with Crippen molar-refractivity contribution in [2.45, 2.75) is 33.1 Å². The van der Waals surface area contributed by atoms with Gasteiger partial charge in [-0.2, -0.15) is 0 Å². The molecule has 1 aliphatic carbocycles. The smallest absolute Gasteiger partial charge is 0.0363 e. The first kappa shape index (κ1) is 10.3. The maximum atomic E-state index is 5.81. The molecule has 2 heteroatoms. The van der Waals surface area contributed by atoms with Crippen molar-refractivity contribution in [1.29, 1.82) is 0 Å². The summed E-state index contributed by atoms with van der Waals surface area (Å²) in [6.07, 6.45) is 4.08. The third-order valence-corrected chi connectivity index (χ3v) is 3.38. The summed E-state index contributed by atoms with van der Waals surface area (Å²) in [6.45, 7) is 5.49. The molecule has 1 aromatic rings. The summed E-state index contributed by atoms with van der Waals surface area (Å²) in [4.78, 5) is 0. The maximum Gasteiger partial charge on any atom is 0.0363 e. The van der Waals surface area contributed by atoms with Crippen LogP contribution >= 0.6 is 0 Å². The predicted octanol–water partition coefficient (Wildman–Crippen LogP) is 3.18. The van der Waals surface area contributed by atoms with E-state index in [0.717, 1.165) is 17.9 Å². The summed E-state index contributed by atoms with van der Waals surface area (Å²) in [5.41, 5.74) is 9.53. The van der Waals surface area contributed by atoms with E-state index in [2.05, 4.69) is 25.2 Å². The number of rotatable bonds is 3. The SMILES string of the molecule is Cc1cc(N)cc(NCC2(C)CCC2)c1. The lowest BCUT2D eigenvalue weighted by atomic mass is 9.70. The zero-order chi connectivity index (χ0) is 10.9. The van der Waals surface area contributed by atoms with E-state index in [0.29, 0.717) is 5.41 Å². The van der Waals surface area contributed by atoms with E-state index in [1.165, 1.54) is 24.8 Å². The second-order valence-electron chi connectivity index (χ2n) is 5.15. The summed E-state index contributed by atoms with van der Waals surface area (Å²) in [6, 6.07) is 6.16. The van der Waals surface area contributed by atoms with E-state index in [9.17, 15) is 0 Å². The fraction of sp³-hybridized carbons (Fsp3) is 0.538. The lowest BCUT2D eigenvalue weighted by molar-refractivity contribution is 0.180. The Hall–Kier alpha value is -1.18. The van der Waals surface area contributed by atoms with E-state index < -0.39 is 0 Å². The predicted molar refractivity (Wildman–Crippen MR) is 66.0 cm³/mol. The van der Waals surface area contributed by atoms with Crippen LogP contribution in [0.3, 0.4) is 0 Å². The zero-order valence-electron chi connectivity index (χ0n) is 9.64. The Bertz CT molecular complexity index is 333. The topological polar surface area (TPSA) is 38.0 Å². The number of nitrogens with one attached hydrogen (secondary N) is 1. The number of nitrogens with two attached hydrogens (primary N) is 1. The third-order valence-electron chi connectivity index (χ3n) is 3.38. The van der Waals surface area contributed by atoms with Gasteiger partial charge in [0, 0.05) is 17.9 Å². The molecule has 0 spiro atoms. The second kappa shape index (κ2) is 3.76. The molecule has 0 unspecified atom stereocenters. The molecule has 1 aromatic carbocycles. The Labute approximate surface area is 91.9 Å². The quantitative estimate of drug-likeness (QED) is 0.742. The molecule has 0 amide bonds. The van der Waals surface area contributed by atoms with Gasteiger partial charge in [0.05, 0.1) is 0 Å². The molecule has 0 heterocycles. The molecule has 0 bridgehead atoms. The van der Waals surface area contributed by atoms with Gasteiger partial charge in [-0.25, -0.2) is 0 Å². The standard InChI is InChI=1S/C13H20N2/c1-10-6-11(14)8-12(7-10)15-9-13(2)4-3-5-13/h6-8,15H,3-5,9,14H2,1-2H3. The Kier molecular flexibility index (Phi) is 2.59. The Morgan fingerprint density at radius 3 is 2.60 bits per heavy atom. The molecule has 0 aromatic heterocycles. The molecule has 2 rings (SSSR count). The minimum absolute atomic E-state index is 0.512. The normalized spacial score (nSPS) is 18.3. The van der Waals surface area contributed by atoms with Crippen molar-refractivity contribution in [2.24, 2.45) is 5.41 Å². The average molecular weight is 204 g/mol. The molecular weight excluding hydrogens is 184 g/mol. The first-order chi connectivity index (χ1) is 7.07. The zero-order valence-corrected chi connectivity index (χ0v) is 9.64. The lowest BCUT2D eigenvalue weighted by Gasteiger charge is -2.38. The molecule has 1 saturated carbocycles. The van der Waals surface area contributed by atoms with E-state index in [1.807, 2.05) is 12.1 Å². The van der Waals surface area contributed by atoms with Gasteiger partial charge in [0.15, 0.2) is 0 Å². The van der Waals surface area contributed by atoms with Crippen LogP contribution in [0.2, 0.25) is 0 Å². The summed E-state index contributed by atoms with van der Waals surface area (Å²) < 4.78 is 0. The van der Waals surface area contributed by atoms with Gasteiger partial charge in [-0.1, -0.05) is 13.3 Å². The van der Waals surface area contributed by atoms with E-state index >= 15 is 0 Å². The van der Waals surface area contributed by atoms with Crippen molar-refractivity contribution in [3.63, 3.8) is 0 Å². The first-order valence-electron chi connectivity index (χ1n) is 5.68. The highest BCUT2D eigenvalue weighted by Crippen LogP contribution is 2.40. The molecule has 2 nitrogen and oxygen atoms in total. The van der Waals surface area contributed by atoms with Crippen LogP contribution in [-0.2, 0) is 0 Å². The van der Waals surface area contributed by atoms with Crippen LogP contribution in [0.4, 0.5) is 11.4 Å². The molecule has 0 atom stereocenters. The van der Waals surface area contributed by atoms with E-state index in [4.69, 9.17) is 5.73 Å². The fourth-order valence-corrected chi connectivity index (χ4v) is 2.19. The molecule has 15 heavy (non-hydrogen) atoms. The Morgan fingerprint density at radius 2 is 2.07 bits per heavy atom. The van der Waals surface area contributed by atoms with E-state index in [-0.39, 0.29) is 0 Å². The van der Waals surface area contributed by atoms with Crippen LogP contribution in [0, 0.1) is 12.3 Å². The van der Waals surface area contributed by atoms with Crippen molar-refractivity contribution in [3.8, 4) is 0 Å². The summed E-state index contributed by atoms with van der Waals surface area (Å²) in [5.74, 6) is 0. The molecular formula is C13H20N2. The molecule has 3 N–H and O–H groups in total. The summed E-state index contributed by atoms with van der Waals surface area (Å²) >= 11 is 0. The maximum absolute atomic E-state index is 5.81. The summed E-state index contributed by atoms with van der Waals surface area (Å²) in [5, 5.41) is 3.49. The van der Waals surface area contributed by atoms with E-state index in [1.54, 1.807) is 0 Å². The minimum Gasteiger partial charge on any atom is -0.399 e. The van der Waals surface area contributed by atoms with Crippen LogP contribution < -0.4 is 11.1 Å². The van der Waals surface area contributed by atoms with Gasteiger partial charge in [-0.15, -0.1) is 0 Å². The third kappa shape index (κ3) is 2.44. The van der Waals surface area contributed by atoms with Gasteiger partial charge in [-0.3, -0.25) is 0 Å². The van der Waals surface area contributed by atoms with Crippen molar-refractivity contribution in [3.05, 3.63) is 23.8 Å². The molecule has 82 valence electrons. The Morgan fingerprint density at radius 1 is 1.33 bits per heavy atom. The van der Waals surface area contributed by atoms with Crippen LogP contribution in [-0.4, -0.2) is 6.54 Å². The summed E-state index contributed by atoms with van der Waals surface area (Å²) in [7, 11) is 0. The van der Waals surface area contributed by atoms with Crippen LogP contribution in [0.1, 0.15) is 31.7 Å². The van der Waals surface area contributed by atoms with Crippen molar-refractivity contribution < 1.29 is 0 Å². The van der Waals surface area contributed by atoms with Gasteiger partial charge in [-0.05, 0) is 48.9 Å². The van der Waals surface area contributed by atoms with Crippen molar-refractivity contribution >= 4 is 11.4 Å². The molecule has 0 saturated heterocycles.